The third-order valence-electron chi connectivity index (χ3n) is 6.26. The number of imide groups is 2. The number of para-hydroxylation sites is 2. The van der Waals surface area contributed by atoms with Gasteiger partial charge in [-0.05, 0) is 83.0 Å². The van der Waals surface area contributed by atoms with Crippen molar-refractivity contribution in [3.05, 3.63) is 123 Å². The summed E-state index contributed by atoms with van der Waals surface area (Å²) in [5, 5.41) is 2.79. The Balaban J connectivity index is 1.53. The predicted molar refractivity (Wildman–Crippen MR) is 168 cm³/mol. The first-order valence-corrected chi connectivity index (χ1v) is 14.3. The molecular formula is C32H23Br2N3O5. The number of amides is 5. The van der Waals surface area contributed by atoms with Crippen molar-refractivity contribution in [3.8, 4) is 5.75 Å². The molecule has 1 saturated heterocycles. The van der Waals surface area contributed by atoms with Crippen molar-refractivity contribution in [2.45, 2.75) is 6.92 Å². The molecule has 0 unspecified atom stereocenters. The summed E-state index contributed by atoms with van der Waals surface area (Å²) in [6.45, 7) is 1.58. The second-order valence-electron chi connectivity index (χ2n) is 9.31. The number of benzene rings is 4. The number of aryl methyl sites for hydroxylation is 1. The zero-order valence-electron chi connectivity index (χ0n) is 22.2. The summed E-state index contributed by atoms with van der Waals surface area (Å²) < 4.78 is 7.02. The fourth-order valence-corrected chi connectivity index (χ4v) is 5.76. The van der Waals surface area contributed by atoms with Crippen molar-refractivity contribution in [1.82, 2.24) is 0 Å². The molecule has 0 saturated carbocycles. The Morgan fingerprint density at radius 3 is 1.98 bits per heavy atom. The molecule has 42 heavy (non-hydrogen) atoms. The zero-order chi connectivity index (χ0) is 29.8. The number of urea groups is 1. The lowest BCUT2D eigenvalue weighted by atomic mass is 10.0. The Bertz CT molecular complexity index is 1660. The topological polar surface area (TPSA) is 96.0 Å². The molecule has 1 N–H and O–H groups in total. The normalized spacial score (nSPS) is 13.3. The van der Waals surface area contributed by atoms with E-state index in [1.54, 1.807) is 78.9 Å². The smallest absolute Gasteiger partial charge is 0.343 e. The second kappa shape index (κ2) is 12.5. The van der Waals surface area contributed by atoms with Gasteiger partial charge in [-0.1, -0.05) is 64.5 Å². The highest BCUT2D eigenvalue weighted by Crippen LogP contribution is 2.36. The molecule has 0 radical (unpaired) electrons. The molecule has 5 rings (SSSR count). The van der Waals surface area contributed by atoms with Gasteiger partial charge < -0.3 is 10.1 Å². The van der Waals surface area contributed by atoms with Crippen LogP contribution >= 0.6 is 31.9 Å². The van der Waals surface area contributed by atoms with Crippen LogP contribution in [0.15, 0.2) is 112 Å². The molecule has 0 atom stereocenters. The number of barbiturate groups is 1. The van der Waals surface area contributed by atoms with E-state index in [9.17, 15) is 19.2 Å². The van der Waals surface area contributed by atoms with Gasteiger partial charge in [0.05, 0.1) is 15.8 Å². The van der Waals surface area contributed by atoms with E-state index in [-0.39, 0.29) is 17.9 Å². The SMILES string of the molecule is Cc1cccc(NC(=O)COc2c(Br)cc(Br)cc2C=C2C(=O)N(c3ccccc3)C(=O)N(c3ccccc3)C2=O)c1. The number of carbonyl (C=O) groups excluding carboxylic acids is 4. The number of carbonyl (C=O) groups is 4. The van der Waals surface area contributed by atoms with Crippen LogP contribution in [-0.4, -0.2) is 30.4 Å². The maximum atomic E-state index is 13.8. The molecule has 1 heterocycles. The van der Waals surface area contributed by atoms with Crippen LogP contribution in [0.5, 0.6) is 5.75 Å². The standard InChI is InChI=1S/C32H23Br2N3O5/c1-20-9-8-10-23(15-20)35-28(38)19-42-29-21(16-22(33)18-27(29)34)17-26-30(39)36(24-11-4-2-5-12-24)32(41)37(31(26)40)25-13-6-3-7-14-25/h2-18H,19H2,1H3,(H,35,38). The minimum atomic E-state index is -0.792. The Labute approximate surface area is 258 Å². The molecule has 5 amide bonds. The maximum Gasteiger partial charge on any atom is 0.343 e. The Morgan fingerprint density at radius 2 is 1.40 bits per heavy atom. The monoisotopic (exact) mass is 687 g/mol. The molecule has 8 nitrogen and oxygen atoms in total. The van der Waals surface area contributed by atoms with Crippen LogP contribution < -0.4 is 19.9 Å². The van der Waals surface area contributed by atoms with Gasteiger partial charge >= 0.3 is 6.03 Å². The van der Waals surface area contributed by atoms with Crippen LogP contribution in [0.2, 0.25) is 0 Å². The van der Waals surface area contributed by atoms with E-state index in [1.165, 1.54) is 6.08 Å². The minimum Gasteiger partial charge on any atom is -0.482 e. The van der Waals surface area contributed by atoms with Crippen LogP contribution in [0.25, 0.3) is 6.08 Å². The van der Waals surface area contributed by atoms with Crippen molar-refractivity contribution < 1.29 is 23.9 Å². The molecule has 1 aliphatic heterocycles. The van der Waals surface area contributed by atoms with Crippen LogP contribution in [0.4, 0.5) is 21.9 Å². The molecule has 0 bridgehead atoms. The van der Waals surface area contributed by atoms with Crippen molar-refractivity contribution in [2.24, 2.45) is 0 Å². The molecular weight excluding hydrogens is 666 g/mol. The lowest BCUT2D eigenvalue weighted by molar-refractivity contribution is -0.121. The Hall–Kier alpha value is -4.54. The highest BCUT2D eigenvalue weighted by molar-refractivity contribution is 9.11. The average molecular weight is 689 g/mol. The van der Waals surface area contributed by atoms with Crippen molar-refractivity contribution in [3.63, 3.8) is 0 Å². The first-order valence-electron chi connectivity index (χ1n) is 12.8. The fraction of sp³-hybridized carbons (Fsp3) is 0.0625. The highest BCUT2D eigenvalue weighted by Gasteiger charge is 2.43. The van der Waals surface area contributed by atoms with E-state index >= 15 is 0 Å². The van der Waals surface area contributed by atoms with E-state index in [4.69, 9.17) is 4.74 Å². The third-order valence-corrected chi connectivity index (χ3v) is 7.31. The molecule has 4 aromatic rings. The summed E-state index contributed by atoms with van der Waals surface area (Å²) in [6, 6.07) is 26.7. The summed E-state index contributed by atoms with van der Waals surface area (Å²) in [7, 11) is 0. The van der Waals surface area contributed by atoms with Gasteiger partial charge in [-0.25, -0.2) is 14.6 Å². The van der Waals surface area contributed by atoms with Gasteiger partial charge in [-0.15, -0.1) is 0 Å². The first kappa shape index (κ1) is 29.0. The molecule has 1 fully saturated rings. The Kier molecular flexibility index (Phi) is 8.65. The zero-order valence-corrected chi connectivity index (χ0v) is 25.4. The van der Waals surface area contributed by atoms with Gasteiger partial charge in [0, 0.05) is 15.7 Å². The summed E-state index contributed by atoms with van der Waals surface area (Å²) in [5.41, 5.74) is 2.32. The number of rotatable bonds is 7. The van der Waals surface area contributed by atoms with Gasteiger partial charge in [0.1, 0.15) is 11.3 Å². The summed E-state index contributed by atoms with van der Waals surface area (Å²) in [6.07, 6.45) is 1.37. The van der Waals surface area contributed by atoms with Gasteiger partial charge in [0.2, 0.25) is 0 Å². The summed E-state index contributed by atoms with van der Waals surface area (Å²) in [5.74, 6) is -1.74. The molecule has 0 aliphatic carbocycles. The van der Waals surface area contributed by atoms with Crippen molar-refractivity contribution in [1.29, 1.82) is 0 Å². The molecule has 1 aliphatic rings. The Morgan fingerprint density at radius 1 is 0.810 bits per heavy atom. The highest BCUT2D eigenvalue weighted by atomic mass is 79.9. The van der Waals surface area contributed by atoms with Crippen LogP contribution in [0, 0.1) is 6.92 Å². The molecule has 4 aromatic carbocycles. The lowest BCUT2D eigenvalue weighted by Crippen LogP contribution is -2.57. The van der Waals surface area contributed by atoms with E-state index in [1.807, 2.05) is 25.1 Å². The number of halogens is 2. The minimum absolute atomic E-state index is 0.236. The summed E-state index contributed by atoms with van der Waals surface area (Å²) in [4.78, 5) is 55.7. The largest absolute Gasteiger partial charge is 0.482 e. The number of nitrogens with zero attached hydrogens (tertiary/aromatic N) is 2. The molecule has 210 valence electrons. The number of hydrogen-bond donors (Lipinski definition) is 1. The van der Waals surface area contributed by atoms with Crippen LogP contribution in [0.1, 0.15) is 11.1 Å². The molecule has 10 heteroatoms. The van der Waals surface area contributed by atoms with E-state index in [0.29, 0.717) is 31.6 Å². The van der Waals surface area contributed by atoms with Gasteiger partial charge in [0.25, 0.3) is 17.7 Å². The van der Waals surface area contributed by atoms with Crippen LogP contribution in [-0.2, 0) is 14.4 Å². The number of anilines is 3. The third kappa shape index (κ3) is 6.19. The van der Waals surface area contributed by atoms with Gasteiger partial charge in [0.15, 0.2) is 6.61 Å². The number of hydrogen-bond acceptors (Lipinski definition) is 5. The predicted octanol–water partition coefficient (Wildman–Crippen LogP) is 7.12. The van der Waals surface area contributed by atoms with E-state index in [2.05, 4.69) is 37.2 Å². The van der Waals surface area contributed by atoms with Gasteiger partial charge in [-0.2, -0.15) is 0 Å². The van der Waals surface area contributed by atoms with E-state index < -0.39 is 23.8 Å². The van der Waals surface area contributed by atoms with Gasteiger partial charge in [-0.3, -0.25) is 14.4 Å². The molecule has 0 spiro atoms. The fourth-order valence-electron chi connectivity index (χ4n) is 4.39. The lowest BCUT2D eigenvalue weighted by Gasteiger charge is -2.34. The van der Waals surface area contributed by atoms with Crippen molar-refractivity contribution >= 4 is 78.8 Å². The number of ether oxygens (including phenoxy) is 1. The maximum absolute atomic E-state index is 13.8. The van der Waals surface area contributed by atoms with E-state index in [0.717, 1.165) is 15.4 Å². The first-order chi connectivity index (χ1) is 20.2. The molecule has 0 aromatic heterocycles. The second-order valence-corrected chi connectivity index (χ2v) is 11.1. The quantitative estimate of drug-likeness (QED) is 0.165. The van der Waals surface area contributed by atoms with Crippen molar-refractivity contribution in [2.75, 3.05) is 21.7 Å². The summed E-state index contributed by atoms with van der Waals surface area (Å²) >= 11 is 6.91. The number of nitrogens with one attached hydrogen (secondary N) is 1. The average Bonchev–Trinajstić information content (AvgIpc) is 2.96. The van der Waals surface area contributed by atoms with Crippen LogP contribution in [0.3, 0.4) is 0 Å².